The van der Waals surface area contributed by atoms with E-state index in [9.17, 15) is 4.79 Å². The Morgan fingerprint density at radius 3 is 3.05 bits per heavy atom. The van der Waals surface area contributed by atoms with Crippen molar-refractivity contribution in [2.75, 3.05) is 32.1 Å². The van der Waals surface area contributed by atoms with Gasteiger partial charge in [-0.05, 0) is 37.5 Å². The number of amides is 1. The fraction of sp³-hybridized carbons (Fsp3) is 0.562. The van der Waals surface area contributed by atoms with Gasteiger partial charge >= 0.3 is 0 Å². The number of hydrogen-bond acceptors (Lipinski definition) is 3. The fourth-order valence-electron chi connectivity index (χ4n) is 2.62. The molecule has 1 N–H and O–H groups in total. The molecule has 0 radical (unpaired) electrons. The molecule has 0 bridgehead atoms. The van der Waals surface area contributed by atoms with Gasteiger partial charge in [-0.3, -0.25) is 4.79 Å². The first kappa shape index (κ1) is 16.1. The van der Waals surface area contributed by atoms with Gasteiger partial charge in [0.1, 0.15) is 0 Å². The number of nitrogens with zero attached hydrogens (tertiary/aromatic N) is 1. The Balaban J connectivity index is 2.10. The summed E-state index contributed by atoms with van der Waals surface area (Å²) in [5.41, 5.74) is 1.43. The summed E-state index contributed by atoms with van der Waals surface area (Å²) in [4.78, 5) is 14.6. The largest absolute Gasteiger partial charge is 0.387 e. The molecule has 1 saturated heterocycles. The lowest BCUT2D eigenvalue weighted by molar-refractivity contribution is 0.00214. The molecule has 116 valence electrons. The second-order valence-corrected chi connectivity index (χ2v) is 5.76. The summed E-state index contributed by atoms with van der Waals surface area (Å²) in [5, 5.41) is 3.63. The van der Waals surface area contributed by atoms with E-state index < -0.39 is 0 Å². The van der Waals surface area contributed by atoms with Gasteiger partial charge < -0.3 is 15.0 Å². The molecule has 0 aromatic heterocycles. The quantitative estimate of drug-likeness (QED) is 0.906. The number of nitrogens with one attached hydrogen (secondary N) is 1. The molecule has 0 saturated carbocycles. The summed E-state index contributed by atoms with van der Waals surface area (Å²) in [6.07, 6.45) is 3.16. The lowest BCUT2D eigenvalue weighted by atomic mass is 10.1. The van der Waals surface area contributed by atoms with Gasteiger partial charge in [0.25, 0.3) is 5.91 Å². The number of halogens is 1. The maximum Gasteiger partial charge on any atom is 0.256 e. The monoisotopic (exact) mass is 310 g/mol. The van der Waals surface area contributed by atoms with Gasteiger partial charge in [-0.2, -0.15) is 0 Å². The minimum atomic E-state index is 0.0200. The number of rotatable bonds is 5. The van der Waals surface area contributed by atoms with Gasteiger partial charge in [-0.15, -0.1) is 0 Å². The Kier molecular flexibility index (Phi) is 5.88. The Morgan fingerprint density at radius 2 is 2.33 bits per heavy atom. The van der Waals surface area contributed by atoms with Crippen LogP contribution in [0.15, 0.2) is 18.2 Å². The van der Waals surface area contributed by atoms with Crippen LogP contribution in [0.4, 0.5) is 5.69 Å². The van der Waals surface area contributed by atoms with E-state index in [0.717, 1.165) is 38.1 Å². The van der Waals surface area contributed by atoms with Crippen molar-refractivity contribution in [2.24, 2.45) is 0 Å². The second-order valence-electron chi connectivity index (χ2n) is 5.33. The van der Waals surface area contributed by atoms with Crippen molar-refractivity contribution in [1.82, 2.24) is 4.90 Å². The van der Waals surface area contributed by atoms with Crippen molar-refractivity contribution in [2.45, 2.75) is 32.3 Å². The predicted molar refractivity (Wildman–Crippen MR) is 86.2 cm³/mol. The molecule has 1 aliphatic rings. The molecule has 1 amide bonds. The molecular weight excluding hydrogens is 288 g/mol. The molecule has 21 heavy (non-hydrogen) atoms. The first-order chi connectivity index (χ1) is 10.2. The number of ether oxygens (including phenoxy) is 1. The van der Waals surface area contributed by atoms with Gasteiger partial charge in [0.05, 0.1) is 11.7 Å². The Hall–Kier alpha value is -1.26. The molecular formula is C16H23ClN2O2. The van der Waals surface area contributed by atoms with Gasteiger partial charge in [0.2, 0.25) is 0 Å². The lowest BCUT2D eigenvalue weighted by Gasteiger charge is -2.33. The molecule has 1 fully saturated rings. The number of anilines is 1. The van der Waals surface area contributed by atoms with Crippen LogP contribution in [0.3, 0.4) is 0 Å². The highest BCUT2D eigenvalue weighted by molar-refractivity contribution is 6.31. The minimum Gasteiger partial charge on any atom is -0.387 e. The van der Waals surface area contributed by atoms with Crippen LogP contribution in [0.25, 0.3) is 0 Å². The van der Waals surface area contributed by atoms with E-state index in [1.54, 1.807) is 12.1 Å². The van der Waals surface area contributed by atoms with E-state index in [1.807, 2.05) is 18.0 Å². The van der Waals surface area contributed by atoms with Crippen molar-refractivity contribution in [3.05, 3.63) is 28.8 Å². The molecule has 2 rings (SSSR count). The van der Waals surface area contributed by atoms with Crippen LogP contribution in [0.2, 0.25) is 5.02 Å². The molecule has 4 nitrogen and oxygen atoms in total. The number of likely N-dealkylation sites (tertiary alicyclic amines) is 1. The fourth-order valence-corrected chi connectivity index (χ4v) is 2.80. The van der Waals surface area contributed by atoms with Crippen molar-refractivity contribution >= 4 is 23.2 Å². The molecule has 1 heterocycles. The van der Waals surface area contributed by atoms with Crippen LogP contribution in [0.5, 0.6) is 0 Å². The van der Waals surface area contributed by atoms with Crippen LogP contribution in [0.1, 0.15) is 36.5 Å². The van der Waals surface area contributed by atoms with Crippen molar-refractivity contribution in [1.29, 1.82) is 0 Å². The van der Waals surface area contributed by atoms with Gasteiger partial charge in [0.15, 0.2) is 0 Å². The number of hydrogen-bond donors (Lipinski definition) is 1. The summed E-state index contributed by atoms with van der Waals surface area (Å²) in [6, 6.07) is 5.35. The van der Waals surface area contributed by atoms with Gasteiger partial charge in [0, 0.05) is 37.5 Å². The lowest BCUT2D eigenvalue weighted by Crippen LogP contribution is -2.43. The average molecular weight is 311 g/mol. The standard InChI is InChI=1S/C16H23ClN2O2/c1-3-9-21-13-5-4-8-19(11-13)16(20)14-10-12(17)6-7-15(14)18-2/h6-7,10,13,18H,3-5,8-9,11H2,1-2H3. The van der Waals surface area contributed by atoms with Gasteiger partial charge in [-0.25, -0.2) is 0 Å². The van der Waals surface area contributed by atoms with E-state index in [-0.39, 0.29) is 12.0 Å². The van der Waals surface area contributed by atoms with Crippen molar-refractivity contribution < 1.29 is 9.53 Å². The molecule has 0 aliphatic carbocycles. The summed E-state index contributed by atoms with van der Waals surface area (Å²) < 4.78 is 5.79. The molecule has 5 heteroatoms. The van der Waals surface area contributed by atoms with Crippen LogP contribution in [0, 0.1) is 0 Å². The SMILES string of the molecule is CCCOC1CCCN(C(=O)c2cc(Cl)ccc2NC)C1. The molecule has 1 unspecified atom stereocenters. The van der Waals surface area contributed by atoms with Crippen molar-refractivity contribution in [3.8, 4) is 0 Å². The third-order valence-corrected chi connectivity index (χ3v) is 3.94. The topological polar surface area (TPSA) is 41.6 Å². The van der Waals surface area contributed by atoms with Crippen LogP contribution < -0.4 is 5.32 Å². The highest BCUT2D eigenvalue weighted by atomic mass is 35.5. The summed E-state index contributed by atoms with van der Waals surface area (Å²) in [5.74, 6) is 0.0200. The van der Waals surface area contributed by atoms with Crippen molar-refractivity contribution in [3.63, 3.8) is 0 Å². The minimum absolute atomic E-state index is 0.0200. The Morgan fingerprint density at radius 1 is 1.52 bits per heavy atom. The van der Waals surface area contributed by atoms with E-state index in [4.69, 9.17) is 16.3 Å². The van der Waals surface area contributed by atoms with E-state index in [2.05, 4.69) is 12.2 Å². The molecule has 1 atom stereocenters. The van der Waals surface area contributed by atoms with Gasteiger partial charge in [-0.1, -0.05) is 18.5 Å². The van der Waals surface area contributed by atoms with Crippen LogP contribution in [-0.2, 0) is 4.74 Å². The first-order valence-corrected chi connectivity index (χ1v) is 7.91. The summed E-state index contributed by atoms with van der Waals surface area (Å²) in [6.45, 7) is 4.29. The van der Waals surface area contributed by atoms with E-state index in [1.165, 1.54) is 0 Å². The Bertz CT molecular complexity index is 493. The zero-order chi connectivity index (χ0) is 15.2. The molecule has 0 spiro atoms. The highest BCUT2D eigenvalue weighted by Crippen LogP contribution is 2.24. The second kappa shape index (κ2) is 7.66. The number of carbonyl (C=O) groups is 1. The summed E-state index contributed by atoms with van der Waals surface area (Å²) >= 11 is 6.03. The predicted octanol–water partition coefficient (Wildman–Crippen LogP) is 3.41. The third-order valence-electron chi connectivity index (χ3n) is 3.70. The average Bonchev–Trinajstić information content (AvgIpc) is 2.52. The highest BCUT2D eigenvalue weighted by Gasteiger charge is 2.26. The van der Waals surface area contributed by atoms with Crippen LogP contribution >= 0.6 is 11.6 Å². The zero-order valence-corrected chi connectivity index (χ0v) is 13.4. The first-order valence-electron chi connectivity index (χ1n) is 7.54. The number of benzene rings is 1. The number of carbonyl (C=O) groups excluding carboxylic acids is 1. The van der Waals surface area contributed by atoms with Crippen LogP contribution in [-0.4, -0.2) is 43.7 Å². The molecule has 1 aromatic carbocycles. The van der Waals surface area contributed by atoms with E-state index >= 15 is 0 Å². The smallest absolute Gasteiger partial charge is 0.256 e. The maximum absolute atomic E-state index is 12.7. The maximum atomic E-state index is 12.7. The number of piperidine rings is 1. The molecule has 1 aromatic rings. The van der Waals surface area contributed by atoms with E-state index in [0.29, 0.717) is 17.1 Å². The zero-order valence-electron chi connectivity index (χ0n) is 12.7. The third kappa shape index (κ3) is 4.11. The molecule has 1 aliphatic heterocycles. The summed E-state index contributed by atoms with van der Waals surface area (Å²) in [7, 11) is 1.81. The normalized spacial score (nSPS) is 18.6. The Labute approximate surface area is 131 Å².